The summed E-state index contributed by atoms with van der Waals surface area (Å²) < 4.78 is 36.8. The standard InChI is InChI=1S/C48H53NO14/c1-26-32(61-44(56)37(52)36(29-17-11-8-12-18-29)49-42(54)30-19-13-9-14-20-30)24-48(57)41(62-43(55)31-21-15-10-16-22-31)39-46(6,40(53)38(60-27(2)50)35(26)45(48,4)5)33(58-7)23-34-47(39,25-59-34)63-28(3)51/h8-22,32-34,36-39,41,52,57H,23-25H2,1-7H3,(H,49,54). The molecule has 15 nitrogen and oxygen atoms in total. The monoisotopic (exact) mass is 867 g/mol. The van der Waals surface area contributed by atoms with Crippen LogP contribution < -0.4 is 5.32 Å². The van der Waals surface area contributed by atoms with E-state index in [4.69, 9.17) is 28.4 Å². The lowest BCUT2D eigenvalue weighted by Crippen LogP contribution is -2.82. The molecule has 2 saturated carbocycles. The van der Waals surface area contributed by atoms with E-state index >= 15 is 4.79 Å². The number of esters is 4. The molecule has 1 heterocycles. The van der Waals surface area contributed by atoms with Crippen LogP contribution >= 0.6 is 0 Å². The number of aliphatic hydroxyl groups is 2. The van der Waals surface area contributed by atoms with Gasteiger partial charge in [0.15, 0.2) is 23.6 Å². The summed E-state index contributed by atoms with van der Waals surface area (Å²) in [5, 5.41) is 28.4. The molecule has 4 aliphatic rings. The number of carbonyl (C=O) groups is 6. The fraction of sp³-hybridized carbons (Fsp3) is 0.458. The summed E-state index contributed by atoms with van der Waals surface area (Å²) in [5.74, 6) is -6.40. The summed E-state index contributed by atoms with van der Waals surface area (Å²) in [6.45, 7) is 8.39. The topological polar surface area (TPSA) is 210 Å². The van der Waals surface area contributed by atoms with Gasteiger partial charge in [-0.25, -0.2) is 9.59 Å². The van der Waals surface area contributed by atoms with Crippen LogP contribution in [0.4, 0.5) is 0 Å². The van der Waals surface area contributed by atoms with E-state index in [0.717, 1.165) is 6.92 Å². The quantitative estimate of drug-likeness (QED) is 0.139. The van der Waals surface area contributed by atoms with E-state index in [-0.39, 0.29) is 35.3 Å². The third-order valence-corrected chi connectivity index (χ3v) is 13.7. The smallest absolute Gasteiger partial charge is 0.338 e. The lowest BCUT2D eigenvalue weighted by Gasteiger charge is -2.67. The third-order valence-electron chi connectivity index (χ3n) is 13.7. The minimum atomic E-state index is -2.34. The zero-order valence-corrected chi connectivity index (χ0v) is 36.2. The van der Waals surface area contributed by atoms with Gasteiger partial charge >= 0.3 is 23.9 Å². The van der Waals surface area contributed by atoms with E-state index < -0.39 is 113 Å². The molecule has 334 valence electrons. The summed E-state index contributed by atoms with van der Waals surface area (Å²) in [4.78, 5) is 84.1. The molecule has 1 amide bonds. The molecule has 1 aliphatic heterocycles. The highest BCUT2D eigenvalue weighted by atomic mass is 16.6. The first-order valence-electron chi connectivity index (χ1n) is 20.9. The minimum Gasteiger partial charge on any atom is -0.456 e. The molecule has 11 atom stereocenters. The highest BCUT2D eigenvalue weighted by Gasteiger charge is 2.78. The largest absolute Gasteiger partial charge is 0.456 e. The fourth-order valence-corrected chi connectivity index (χ4v) is 10.5. The molecule has 11 unspecified atom stereocenters. The summed E-state index contributed by atoms with van der Waals surface area (Å²) in [6, 6.07) is 23.2. The number of benzene rings is 3. The van der Waals surface area contributed by atoms with Crippen molar-refractivity contribution >= 4 is 35.6 Å². The molecule has 3 N–H and O–H groups in total. The van der Waals surface area contributed by atoms with Crippen LogP contribution in [0.3, 0.4) is 0 Å². The van der Waals surface area contributed by atoms with Crippen LogP contribution in [0.1, 0.15) is 86.7 Å². The molecule has 3 fully saturated rings. The number of ether oxygens (including phenoxy) is 6. The number of amides is 1. The van der Waals surface area contributed by atoms with Gasteiger partial charge < -0.3 is 44.0 Å². The maximum atomic E-state index is 15.7. The van der Waals surface area contributed by atoms with E-state index in [9.17, 15) is 34.2 Å². The van der Waals surface area contributed by atoms with E-state index in [1.165, 1.54) is 26.2 Å². The Morgan fingerprint density at radius 1 is 0.825 bits per heavy atom. The summed E-state index contributed by atoms with van der Waals surface area (Å²) >= 11 is 0. The minimum absolute atomic E-state index is 0.0377. The van der Waals surface area contributed by atoms with Gasteiger partial charge in [-0.2, -0.15) is 0 Å². The van der Waals surface area contributed by atoms with Gasteiger partial charge in [0, 0.05) is 44.8 Å². The van der Waals surface area contributed by atoms with Crippen molar-refractivity contribution in [3.05, 3.63) is 119 Å². The number of hydrogen-bond donors (Lipinski definition) is 3. The molecule has 3 aromatic rings. The number of nitrogens with one attached hydrogen (secondary N) is 1. The Bertz CT molecular complexity index is 2300. The highest BCUT2D eigenvalue weighted by molar-refractivity contribution is 5.96. The number of fused-ring (bicyclic) bond motifs is 5. The molecule has 3 aromatic carbocycles. The summed E-state index contributed by atoms with van der Waals surface area (Å²) in [5.41, 5.74) is -6.45. The van der Waals surface area contributed by atoms with Crippen LogP contribution in [-0.2, 0) is 47.6 Å². The van der Waals surface area contributed by atoms with E-state index in [2.05, 4.69) is 5.32 Å². The van der Waals surface area contributed by atoms with Crippen LogP contribution in [0.5, 0.6) is 0 Å². The van der Waals surface area contributed by atoms with Crippen molar-refractivity contribution in [3.63, 3.8) is 0 Å². The number of ketones is 1. The average Bonchev–Trinajstić information content (AvgIpc) is 3.25. The van der Waals surface area contributed by atoms with Crippen LogP contribution in [0.25, 0.3) is 0 Å². The van der Waals surface area contributed by atoms with Crippen molar-refractivity contribution < 1.29 is 67.4 Å². The van der Waals surface area contributed by atoms with Crippen molar-refractivity contribution in [2.24, 2.45) is 16.7 Å². The SMILES string of the molecule is COC1CC2OCC2(OC(C)=O)C2C(OC(=O)c3ccccc3)C3(O)CC(OC(=O)C(O)C(NC(=O)c4ccccc4)c4ccccc4)C(C)=C(C(OC(C)=O)C(=O)C12C)C3(C)C. The Morgan fingerprint density at radius 2 is 1.41 bits per heavy atom. The Kier molecular flexibility index (Phi) is 12.3. The summed E-state index contributed by atoms with van der Waals surface area (Å²) in [7, 11) is 1.39. The van der Waals surface area contributed by atoms with E-state index in [1.807, 2.05) is 0 Å². The van der Waals surface area contributed by atoms with Gasteiger partial charge in [-0.3, -0.25) is 19.2 Å². The Balaban J connectivity index is 1.40. The normalized spacial score (nSPS) is 31.5. The molecule has 7 rings (SSSR count). The molecular weight excluding hydrogens is 815 g/mol. The molecule has 1 saturated heterocycles. The van der Waals surface area contributed by atoms with Crippen molar-refractivity contribution in [2.45, 2.75) is 108 Å². The number of aliphatic hydroxyl groups excluding tert-OH is 1. The van der Waals surface area contributed by atoms with Crippen molar-refractivity contribution in [1.82, 2.24) is 5.32 Å². The molecule has 0 spiro atoms. The van der Waals surface area contributed by atoms with E-state index in [0.29, 0.717) is 5.56 Å². The van der Waals surface area contributed by atoms with Crippen molar-refractivity contribution in [1.29, 1.82) is 0 Å². The third kappa shape index (κ3) is 7.64. The number of methoxy groups -OCH3 is 1. The van der Waals surface area contributed by atoms with Gasteiger partial charge in [0.25, 0.3) is 5.91 Å². The number of Topliss-reactive ketones (excluding diaryl/α,β-unsaturated/α-hetero) is 1. The van der Waals surface area contributed by atoms with Crippen LogP contribution in [0.2, 0.25) is 0 Å². The molecule has 0 aromatic heterocycles. The van der Waals surface area contributed by atoms with Crippen molar-refractivity contribution in [3.8, 4) is 0 Å². The molecule has 63 heavy (non-hydrogen) atoms. The maximum Gasteiger partial charge on any atom is 0.338 e. The van der Waals surface area contributed by atoms with Gasteiger partial charge in [0.1, 0.15) is 23.9 Å². The summed E-state index contributed by atoms with van der Waals surface area (Å²) in [6.07, 6.45) is -9.33. The Hall–Kier alpha value is -5.74. The van der Waals surface area contributed by atoms with Gasteiger partial charge in [-0.05, 0) is 54.8 Å². The predicted molar refractivity (Wildman–Crippen MR) is 222 cm³/mol. The van der Waals surface area contributed by atoms with Gasteiger partial charge in [-0.15, -0.1) is 0 Å². The second-order valence-electron chi connectivity index (χ2n) is 17.6. The van der Waals surface area contributed by atoms with E-state index in [1.54, 1.807) is 107 Å². The molecule has 3 aliphatic carbocycles. The first-order valence-corrected chi connectivity index (χ1v) is 20.9. The van der Waals surface area contributed by atoms with Gasteiger partial charge in [0.05, 0.1) is 35.6 Å². The first kappa shape index (κ1) is 45.3. The Morgan fingerprint density at radius 3 is 1.95 bits per heavy atom. The van der Waals surface area contributed by atoms with Crippen LogP contribution in [0.15, 0.2) is 102 Å². The van der Waals surface area contributed by atoms with Crippen LogP contribution in [0, 0.1) is 16.7 Å². The zero-order valence-electron chi connectivity index (χ0n) is 36.2. The molecule has 15 heteroatoms. The average molecular weight is 868 g/mol. The number of carbonyl (C=O) groups excluding carboxylic acids is 6. The zero-order chi connectivity index (χ0) is 45.6. The molecular formula is C48H53NO14. The maximum absolute atomic E-state index is 15.7. The second-order valence-corrected chi connectivity index (χ2v) is 17.6. The Labute approximate surface area is 365 Å². The highest BCUT2D eigenvalue weighted by Crippen LogP contribution is 2.65. The molecule has 2 bridgehead atoms. The predicted octanol–water partition coefficient (Wildman–Crippen LogP) is 4.39. The second kappa shape index (κ2) is 17.1. The number of rotatable bonds is 11. The first-order chi connectivity index (χ1) is 29.8. The van der Waals surface area contributed by atoms with Crippen LogP contribution in [-0.4, -0.2) is 107 Å². The van der Waals surface area contributed by atoms with Gasteiger partial charge in [0.2, 0.25) is 0 Å². The van der Waals surface area contributed by atoms with Gasteiger partial charge in [-0.1, -0.05) is 80.6 Å². The lowest BCUT2D eigenvalue weighted by molar-refractivity contribution is -0.347. The number of hydrogen-bond acceptors (Lipinski definition) is 14. The van der Waals surface area contributed by atoms with Crippen molar-refractivity contribution in [2.75, 3.05) is 13.7 Å². The fourth-order valence-electron chi connectivity index (χ4n) is 10.5. The molecule has 0 radical (unpaired) electrons. The lowest BCUT2D eigenvalue weighted by atomic mass is 9.44.